The van der Waals surface area contributed by atoms with E-state index >= 15 is 0 Å². The highest BCUT2D eigenvalue weighted by molar-refractivity contribution is 6.30. The van der Waals surface area contributed by atoms with Crippen LogP contribution in [-0.2, 0) is 9.53 Å². The monoisotopic (exact) mass is 436 g/mol. The Morgan fingerprint density at radius 3 is 2.39 bits per heavy atom. The lowest BCUT2D eigenvalue weighted by Gasteiger charge is -2.29. The summed E-state index contributed by atoms with van der Waals surface area (Å²) < 4.78 is 5.33. The molecular formula is C24H21ClN2O4. The molecule has 0 saturated carbocycles. The van der Waals surface area contributed by atoms with Crippen molar-refractivity contribution < 1.29 is 19.1 Å². The van der Waals surface area contributed by atoms with E-state index in [4.69, 9.17) is 16.3 Å². The van der Waals surface area contributed by atoms with Gasteiger partial charge in [-0.3, -0.25) is 19.5 Å². The van der Waals surface area contributed by atoms with Crippen LogP contribution in [0.1, 0.15) is 46.0 Å². The fourth-order valence-corrected chi connectivity index (χ4v) is 4.29. The Morgan fingerprint density at radius 1 is 1.10 bits per heavy atom. The average Bonchev–Trinajstić information content (AvgIpc) is 3.00. The molecular weight excluding hydrogens is 416 g/mol. The Labute approximate surface area is 185 Å². The van der Waals surface area contributed by atoms with Gasteiger partial charge in [0.05, 0.1) is 35.5 Å². The van der Waals surface area contributed by atoms with Gasteiger partial charge in [0.25, 0.3) is 11.8 Å². The quantitative estimate of drug-likeness (QED) is 0.518. The van der Waals surface area contributed by atoms with Gasteiger partial charge in [-0.05, 0) is 36.8 Å². The first-order valence-corrected chi connectivity index (χ1v) is 10.4. The molecule has 158 valence electrons. The molecule has 0 N–H and O–H groups in total. The van der Waals surface area contributed by atoms with Gasteiger partial charge in [-0.25, -0.2) is 4.79 Å². The van der Waals surface area contributed by atoms with Crippen molar-refractivity contribution in [1.29, 1.82) is 0 Å². The molecule has 2 aliphatic rings. The summed E-state index contributed by atoms with van der Waals surface area (Å²) in [7, 11) is 0. The van der Waals surface area contributed by atoms with Crippen molar-refractivity contribution >= 4 is 35.6 Å². The van der Waals surface area contributed by atoms with Crippen LogP contribution in [0.3, 0.4) is 0 Å². The number of carbonyl (C=O) groups excluding carboxylic acids is 3. The second kappa shape index (κ2) is 8.47. The molecule has 2 aromatic rings. The maximum absolute atomic E-state index is 13.0. The van der Waals surface area contributed by atoms with Crippen molar-refractivity contribution in [3.05, 3.63) is 81.5 Å². The minimum atomic E-state index is -0.511. The molecule has 0 aliphatic carbocycles. The third kappa shape index (κ3) is 3.79. The number of benzene rings is 2. The molecule has 0 bridgehead atoms. The molecule has 7 heteroatoms. The molecule has 4 rings (SSSR count). The zero-order valence-corrected chi connectivity index (χ0v) is 17.9. The van der Waals surface area contributed by atoms with E-state index in [1.807, 2.05) is 19.1 Å². The Bertz CT molecular complexity index is 1100. The summed E-state index contributed by atoms with van der Waals surface area (Å²) in [5.74, 6) is -1.78. The molecule has 0 aromatic heterocycles. The van der Waals surface area contributed by atoms with E-state index in [0.29, 0.717) is 27.4 Å². The standard InChI is InChI=1S/C24H21ClN2O4/c1-3-31-24(30)21-19(13-27-22(28)17-9-4-5-10-18(17)23(27)29)26-12-14(2)20(21)15-7-6-8-16(25)11-15/h4-12,14,20H,3,13H2,1-2H3. The van der Waals surface area contributed by atoms with Gasteiger partial charge in [0, 0.05) is 23.1 Å². The van der Waals surface area contributed by atoms with E-state index in [9.17, 15) is 14.4 Å². The summed E-state index contributed by atoms with van der Waals surface area (Å²) >= 11 is 6.20. The van der Waals surface area contributed by atoms with Crippen LogP contribution in [0.5, 0.6) is 0 Å². The lowest BCUT2D eigenvalue weighted by molar-refractivity contribution is -0.139. The fourth-order valence-electron chi connectivity index (χ4n) is 4.09. The van der Waals surface area contributed by atoms with Crippen LogP contribution in [0.25, 0.3) is 0 Å². The van der Waals surface area contributed by atoms with E-state index in [0.717, 1.165) is 10.5 Å². The Balaban J connectivity index is 1.78. The second-order valence-electron chi connectivity index (χ2n) is 7.49. The summed E-state index contributed by atoms with van der Waals surface area (Å²) in [6.45, 7) is 3.77. The number of hydrogen-bond donors (Lipinski definition) is 0. The number of fused-ring (bicyclic) bond motifs is 1. The molecule has 2 atom stereocenters. The zero-order chi connectivity index (χ0) is 22.1. The topological polar surface area (TPSA) is 76.0 Å². The summed E-state index contributed by atoms with van der Waals surface area (Å²) in [5, 5.41) is 0.553. The summed E-state index contributed by atoms with van der Waals surface area (Å²) in [6.07, 6.45) is 1.74. The maximum atomic E-state index is 13.0. The number of halogens is 1. The van der Waals surface area contributed by atoms with Crippen LogP contribution < -0.4 is 0 Å². The first kappa shape index (κ1) is 21.0. The van der Waals surface area contributed by atoms with Crippen LogP contribution in [0.15, 0.2) is 64.8 Å². The number of rotatable bonds is 5. The van der Waals surface area contributed by atoms with Gasteiger partial charge in [0.15, 0.2) is 0 Å². The highest BCUT2D eigenvalue weighted by atomic mass is 35.5. The number of esters is 1. The Kier molecular flexibility index (Phi) is 5.74. The normalized spacial score (nSPS) is 20.3. The third-order valence-electron chi connectivity index (χ3n) is 5.50. The molecule has 2 unspecified atom stereocenters. The van der Waals surface area contributed by atoms with Crippen LogP contribution in [-0.4, -0.2) is 42.0 Å². The number of imide groups is 1. The smallest absolute Gasteiger partial charge is 0.336 e. The molecule has 0 saturated heterocycles. The number of nitrogens with zero attached hydrogens (tertiary/aromatic N) is 2. The van der Waals surface area contributed by atoms with E-state index in [2.05, 4.69) is 4.99 Å². The van der Waals surface area contributed by atoms with Crippen molar-refractivity contribution in [2.45, 2.75) is 19.8 Å². The highest BCUT2D eigenvalue weighted by Crippen LogP contribution is 2.38. The van der Waals surface area contributed by atoms with Crippen LogP contribution in [0, 0.1) is 5.92 Å². The first-order valence-electron chi connectivity index (χ1n) is 10.1. The zero-order valence-electron chi connectivity index (χ0n) is 17.2. The lowest BCUT2D eigenvalue weighted by Crippen LogP contribution is -2.34. The third-order valence-corrected chi connectivity index (χ3v) is 5.74. The van der Waals surface area contributed by atoms with Gasteiger partial charge in [-0.15, -0.1) is 0 Å². The van der Waals surface area contributed by atoms with Crippen molar-refractivity contribution in [2.75, 3.05) is 13.2 Å². The Morgan fingerprint density at radius 2 is 1.77 bits per heavy atom. The van der Waals surface area contributed by atoms with Gasteiger partial charge in [0.1, 0.15) is 0 Å². The number of ether oxygens (including phenoxy) is 1. The van der Waals surface area contributed by atoms with Gasteiger partial charge in [-0.2, -0.15) is 0 Å². The highest BCUT2D eigenvalue weighted by Gasteiger charge is 2.39. The van der Waals surface area contributed by atoms with Crippen molar-refractivity contribution in [3.8, 4) is 0 Å². The van der Waals surface area contributed by atoms with Gasteiger partial charge in [-0.1, -0.05) is 42.8 Å². The molecule has 2 aliphatic heterocycles. The van der Waals surface area contributed by atoms with Gasteiger partial charge in [0.2, 0.25) is 0 Å². The van der Waals surface area contributed by atoms with Crippen LogP contribution in [0.4, 0.5) is 0 Å². The molecule has 2 heterocycles. The molecule has 2 aromatic carbocycles. The SMILES string of the molecule is CCOC(=O)C1=C(CN2C(=O)c3ccccc3C2=O)N=CC(C)C1c1cccc(Cl)c1. The van der Waals surface area contributed by atoms with Crippen LogP contribution in [0.2, 0.25) is 5.02 Å². The predicted octanol–water partition coefficient (Wildman–Crippen LogP) is 4.26. The lowest BCUT2D eigenvalue weighted by atomic mass is 9.79. The van der Waals surface area contributed by atoms with Gasteiger partial charge >= 0.3 is 5.97 Å². The molecule has 2 amide bonds. The van der Waals surface area contributed by atoms with Crippen LogP contribution >= 0.6 is 11.6 Å². The fraction of sp³-hybridized carbons (Fsp3) is 0.250. The van der Waals surface area contributed by atoms with E-state index < -0.39 is 17.8 Å². The maximum Gasteiger partial charge on any atom is 0.336 e. The Hall–Kier alpha value is -3.25. The summed E-state index contributed by atoms with van der Waals surface area (Å²) in [4.78, 5) is 44.3. The molecule has 6 nitrogen and oxygen atoms in total. The van der Waals surface area contributed by atoms with Crippen molar-refractivity contribution in [2.24, 2.45) is 10.9 Å². The number of carbonyl (C=O) groups is 3. The van der Waals surface area contributed by atoms with E-state index in [1.165, 1.54) is 0 Å². The first-order chi connectivity index (χ1) is 14.9. The molecule has 0 spiro atoms. The minimum Gasteiger partial charge on any atom is -0.463 e. The van der Waals surface area contributed by atoms with E-state index in [-0.39, 0.29) is 25.0 Å². The number of amides is 2. The predicted molar refractivity (Wildman–Crippen MR) is 117 cm³/mol. The number of aliphatic imine (C=N–C) groups is 1. The molecule has 31 heavy (non-hydrogen) atoms. The summed E-state index contributed by atoms with van der Waals surface area (Å²) in [6, 6.07) is 14.0. The molecule has 0 radical (unpaired) electrons. The number of hydrogen-bond acceptors (Lipinski definition) is 5. The second-order valence-corrected chi connectivity index (χ2v) is 7.93. The van der Waals surface area contributed by atoms with E-state index in [1.54, 1.807) is 49.5 Å². The van der Waals surface area contributed by atoms with Gasteiger partial charge < -0.3 is 4.74 Å². The largest absolute Gasteiger partial charge is 0.463 e. The molecule has 0 fully saturated rings. The average molecular weight is 437 g/mol. The van der Waals surface area contributed by atoms with Crippen molar-refractivity contribution in [1.82, 2.24) is 4.90 Å². The summed E-state index contributed by atoms with van der Waals surface area (Å²) in [5.41, 5.74) is 2.23. The van der Waals surface area contributed by atoms with Crippen molar-refractivity contribution in [3.63, 3.8) is 0 Å². The minimum absolute atomic E-state index is 0.108.